The first-order valence-corrected chi connectivity index (χ1v) is 9.17. The van der Waals surface area contributed by atoms with Crippen LogP contribution in [0.5, 0.6) is 0 Å². The van der Waals surface area contributed by atoms with Gasteiger partial charge in [-0.15, -0.1) is 0 Å². The van der Waals surface area contributed by atoms with Crippen LogP contribution in [0.2, 0.25) is 0 Å². The van der Waals surface area contributed by atoms with Gasteiger partial charge in [0, 0.05) is 44.7 Å². The van der Waals surface area contributed by atoms with Gasteiger partial charge in [-0.05, 0) is 32.9 Å². The van der Waals surface area contributed by atoms with E-state index in [9.17, 15) is 4.79 Å². The van der Waals surface area contributed by atoms with Gasteiger partial charge in [0.25, 0.3) is 0 Å². The number of amides is 1. The predicted molar refractivity (Wildman–Crippen MR) is 101 cm³/mol. The summed E-state index contributed by atoms with van der Waals surface area (Å²) in [7, 11) is 6.04. The highest BCUT2D eigenvalue weighted by Crippen LogP contribution is 2.13. The molecular formula is C18H37N5O. The summed E-state index contributed by atoms with van der Waals surface area (Å²) < 4.78 is 0. The molecule has 0 aromatic heterocycles. The number of guanidine groups is 1. The summed E-state index contributed by atoms with van der Waals surface area (Å²) in [5.41, 5.74) is 0. The van der Waals surface area contributed by atoms with E-state index in [2.05, 4.69) is 48.5 Å². The van der Waals surface area contributed by atoms with Crippen LogP contribution in [0.25, 0.3) is 0 Å². The van der Waals surface area contributed by atoms with E-state index < -0.39 is 0 Å². The summed E-state index contributed by atoms with van der Waals surface area (Å²) in [4.78, 5) is 20.6. The van der Waals surface area contributed by atoms with Gasteiger partial charge in [0.2, 0.25) is 5.91 Å². The minimum Gasteiger partial charge on any atom is -0.355 e. The molecule has 2 unspecified atom stereocenters. The number of hydrogen-bond acceptors (Lipinski definition) is 3. The molecule has 1 saturated heterocycles. The van der Waals surface area contributed by atoms with Gasteiger partial charge in [0.05, 0.1) is 0 Å². The van der Waals surface area contributed by atoms with Crippen LogP contribution in [0.15, 0.2) is 4.99 Å². The maximum Gasteiger partial charge on any atom is 0.225 e. The molecule has 0 aromatic rings. The Bertz CT molecular complexity index is 420. The Morgan fingerprint density at radius 3 is 2.46 bits per heavy atom. The van der Waals surface area contributed by atoms with E-state index in [0.29, 0.717) is 12.0 Å². The largest absolute Gasteiger partial charge is 0.355 e. The van der Waals surface area contributed by atoms with Crippen molar-refractivity contribution in [2.75, 3.05) is 40.8 Å². The summed E-state index contributed by atoms with van der Waals surface area (Å²) in [6.45, 7) is 10.9. The van der Waals surface area contributed by atoms with Gasteiger partial charge in [0.1, 0.15) is 0 Å². The smallest absolute Gasteiger partial charge is 0.225 e. The van der Waals surface area contributed by atoms with Gasteiger partial charge in [-0.3, -0.25) is 9.79 Å². The maximum absolute atomic E-state index is 12.1. The van der Waals surface area contributed by atoms with Crippen molar-refractivity contribution in [2.24, 2.45) is 16.8 Å². The van der Waals surface area contributed by atoms with E-state index in [0.717, 1.165) is 38.4 Å². The lowest BCUT2D eigenvalue weighted by molar-refractivity contribution is -0.133. The molecule has 24 heavy (non-hydrogen) atoms. The molecule has 1 amide bonds. The third-order valence-electron chi connectivity index (χ3n) is 4.54. The molecule has 0 spiro atoms. The molecule has 6 heteroatoms. The van der Waals surface area contributed by atoms with Gasteiger partial charge in [-0.25, -0.2) is 0 Å². The lowest BCUT2D eigenvalue weighted by Crippen LogP contribution is -2.49. The standard InChI is InChI=1S/C18H37N5O/c1-13(2)10-16(22(6)7)11-20-18(19-5)21-15-8-9-23(12-15)17(24)14(3)4/h13-16H,8-12H2,1-7H3,(H2,19,20,21). The van der Waals surface area contributed by atoms with Crippen LogP contribution >= 0.6 is 0 Å². The van der Waals surface area contributed by atoms with Crippen LogP contribution in [0.1, 0.15) is 40.5 Å². The molecule has 1 fully saturated rings. The first kappa shape index (κ1) is 20.7. The van der Waals surface area contributed by atoms with Crippen molar-refractivity contribution in [1.82, 2.24) is 20.4 Å². The number of aliphatic imine (C=N–C) groups is 1. The van der Waals surface area contributed by atoms with E-state index in [1.807, 2.05) is 18.7 Å². The van der Waals surface area contributed by atoms with Crippen LogP contribution < -0.4 is 10.6 Å². The molecule has 140 valence electrons. The predicted octanol–water partition coefficient (Wildman–Crippen LogP) is 1.38. The van der Waals surface area contributed by atoms with Crippen LogP contribution in [0.4, 0.5) is 0 Å². The number of rotatable bonds is 7. The second-order valence-corrected chi connectivity index (χ2v) is 7.77. The summed E-state index contributed by atoms with van der Waals surface area (Å²) in [6, 6.07) is 0.757. The number of nitrogens with zero attached hydrogens (tertiary/aromatic N) is 3. The highest BCUT2D eigenvalue weighted by atomic mass is 16.2. The zero-order valence-corrected chi connectivity index (χ0v) is 16.6. The van der Waals surface area contributed by atoms with Crippen molar-refractivity contribution in [3.8, 4) is 0 Å². The molecule has 0 radical (unpaired) electrons. The van der Waals surface area contributed by atoms with Gasteiger partial charge in [-0.1, -0.05) is 27.7 Å². The van der Waals surface area contributed by atoms with Crippen LogP contribution in [-0.4, -0.2) is 74.5 Å². The first-order chi connectivity index (χ1) is 11.2. The van der Waals surface area contributed by atoms with Crippen LogP contribution in [0, 0.1) is 11.8 Å². The molecule has 0 aliphatic carbocycles. The van der Waals surface area contributed by atoms with E-state index in [1.165, 1.54) is 0 Å². The Balaban J connectivity index is 2.47. The fourth-order valence-corrected chi connectivity index (χ4v) is 3.07. The molecule has 0 bridgehead atoms. The van der Waals surface area contributed by atoms with E-state index in [-0.39, 0.29) is 17.9 Å². The average Bonchev–Trinajstić information content (AvgIpc) is 2.96. The van der Waals surface area contributed by atoms with E-state index in [4.69, 9.17) is 0 Å². The van der Waals surface area contributed by atoms with Crippen molar-refractivity contribution >= 4 is 11.9 Å². The Kier molecular flexibility index (Phi) is 8.53. The second-order valence-electron chi connectivity index (χ2n) is 7.77. The van der Waals surface area contributed by atoms with Crippen molar-refractivity contribution in [3.05, 3.63) is 0 Å². The summed E-state index contributed by atoms with van der Waals surface area (Å²) in [5, 5.41) is 6.91. The fourth-order valence-electron chi connectivity index (χ4n) is 3.07. The second kappa shape index (κ2) is 9.87. The molecule has 0 aromatic carbocycles. The molecule has 2 atom stereocenters. The summed E-state index contributed by atoms with van der Waals surface area (Å²) in [6.07, 6.45) is 2.12. The number of carbonyl (C=O) groups is 1. The minimum atomic E-state index is 0.0677. The lowest BCUT2D eigenvalue weighted by Gasteiger charge is -2.27. The topological polar surface area (TPSA) is 60.0 Å². The Morgan fingerprint density at radius 2 is 1.96 bits per heavy atom. The average molecular weight is 340 g/mol. The first-order valence-electron chi connectivity index (χ1n) is 9.17. The van der Waals surface area contributed by atoms with Crippen LogP contribution in [-0.2, 0) is 4.79 Å². The molecule has 1 rings (SSSR count). The molecule has 0 saturated carbocycles. The van der Waals surface area contributed by atoms with E-state index >= 15 is 0 Å². The summed E-state index contributed by atoms with van der Waals surface area (Å²) >= 11 is 0. The van der Waals surface area contributed by atoms with Crippen LogP contribution in [0.3, 0.4) is 0 Å². The highest BCUT2D eigenvalue weighted by molar-refractivity contribution is 5.81. The number of nitrogens with one attached hydrogen (secondary N) is 2. The van der Waals surface area contributed by atoms with Gasteiger partial charge in [-0.2, -0.15) is 0 Å². The van der Waals surface area contributed by atoms with Gasteiger partial charge in [0.15, 0.2) is 5.96 Å². The van der Waals surface area contributed by atoms with Gasteiger partial charge < -0.3 is 20.4 Å². The van der Waals surface area contributed by atoms with Crippen molar-refractivity contribution in [1.29, 1.82) is 0 Å². The SMILES string of the molecule is CN=C(NCC(CC(C)C)N(C)C)NC1CCN(C(=O)C(C)C)C1. The van der Waals surface area contributed by atoms with Crippen molar-refractivity contribution in [3.63, 3.8) is 0 Å². The van der Waals surface area contributed by atoms with Gasteiger partial charge >= 0.3 is 0 Å². The molecule has 1 aliphatic heterocycles. The molecule has 2 N–H and O–H groups in total. The molecule has 1 aliphatic rings. The zero-order valence-electron chi connectivity index (χ0n) is 16.6. The highest BCUT2D eigenvalue weighted by Gasteiger charge is 2.28. The number of likely N-dealkylation sites (N-methyl/N-ethyl adjacent to an activating group) is 1. The Hall–Kier alpha value is -1.30. The molecule has 1 heterocycles. The molecule has 6 nitrogen and oxygen atoms in total. The third-order valence-corrected chi connectivity index (χ3v) is 4.54. The number of carbonyl (C=O) groups excluding carboxylic acids is 1. The number of hydrogen-bond donors (Lipinski definition) is 2. The lowest BCUT2D eigenvalue weighted by atomic mass is 10.0. The van der Waals surface area contributed by atoms with Crippen molar-refractivity contribution in [2.45, 2.75) is 52.6 Å². The van der Waals surface area contributed by atoms with E-state index in [1.54, 1.807) is 7.05 Å². The Morgan fingerprint density at radius 1 is 1.29 bits per heavy atom. The summed E-state index contributed by atoms with van der Waals surface area (Å²) in [5.74, 6) is 1.80. The normalized spacial score (nSPS) is 20.2. The van der Waals surface area contributed by atoms with Crippen molar-refractivity contribution < 1.29 is 4.79 Å². The number of likely N-dealkylation sites (tertiary alicyclic amines) is 1. The quantitative estimate of drug-likeness (QED) is 0.543. The monoisotopic (exact) mass is 339 g/mol. The zero-order chi connectivity index (χ0) is 18.3. The minimum absolute atomic E-state index is 0.0677. The third kappa shape index (κ3) is 6.67. The Labute approximate surface area is 148 Å². The molecular weight excluding hydrogens is 302 g/mol. The fraction of sp³-hybridized carbons (Fsp3) is 0.889. The maximum atomic E-state index is 12.1.